The Morgan fingerprint density at radius 3 is 2.62 bits per heavy atom. The van der Waals surface area contributed by atoms with Gasteiger partial charge in [-0.15, -0.1) is 0 Å². The first kappa shape index (κ1) is 18.0. The number of benzene rings is 2. The summed E-state index contributed by atoms with van der Waals surface area (Å²) in [5.41, 5.74) is 1.54. The van der Waals surface area contributed by atoms with E-state index in [0.717, 1.165) is 10.0 Å². The summed E-state index contributed by atoms with van der Waals surface area (Å²) in [7, 11) is 3.09. The van der Waals surface area contributed by atoms with Gasteiger partial charge in [0.25, 0.3) is 5.91 Å². The van der Waals surface area contributed by atoms with Crippen LogP contribution in [-0.2, 0) is 6.54 Å². The summed E-state index contributed by atoms with van der Waals surface area (Å²) in [6, 6.07) is 14.7. The van der Waals surface area contributed by atoms with Crippen molar-refractivity contribution < 1.29 is 14.3 Å². The molecule has 0 aliphatic heterocycles. The first-order valence-corrected chi connectivity index (χ1v) is 8.70. The van der Waals surface area contributed by atoms with Gasteiger partial charge in [-0.1, -0.05) is 34.1 Å². The highest BCUT2D eigenvalue weighted by Gasteiger charge is 2.13. The first-order valence-electron chi connectivity index (χ1n) is 7.91. The van der Waals surface area contributed by atoms with Gasteiger partial charge in [-0.2, -0.15) is 5.10 Å². The van der Waals surface area contributed by atoms with E-state index in [1.165, 1.54) is 7.11 Å². The number of ether oxygens (including phenoxy) is 2. The van der Waals surface area contributed by atoms with Crippen molar-refractivity contribution in [2.45, 2.75) is 6.54 Å². The number of amides is 1. The number of anilines is 1. The first-order chi connectivity index (χ1) is 12.6. The van der Waals surface area contributed by atoms with Crippen molar-refractivity contribution in [3.63, 3.8) is 0 Å². The number of nitrogens with one attached hydrogen (secondary N) is 1. The molecule has 26 heavy (non-hydrogen) atoms. The highest BCUT2D eigenvalue weighted by atomic mass is 79.9. The molecule has 0 unspecified atom stereocenters. The van der Waals surface area contributed by atoms with Crippen LogP contribution in [0.5, 0.6) is 11.5 Å². The number of carbonyl (C=O) groups excluding carboxylic acids is 1. The molecule has 0 aliphatic rings. The number of hydrogen-bond donors (Lipinski definition) is 1. The number of aromatic nitrogens is 2. The van der Waals surface area contributed by atoms with Crippen LogP contribution in [0.3, 0.4) is 0 Å². The third-order valence-electron chi connectivity index (χ3n) is 3.88. The Morgan fingerprint density at radius 2 is 1.88 bits per heavy atom. The van der Waals surface area contributed by atoms with Gasteiger partial charge in [-0.05, 0) is 29.8 Å². The van der Waals surface area contributed by atoms with Gasteiger partial charge < -0.3 is 14.8 Å². The summed E-state index contributed by atoms with van der Waals surface area (Å²) in [6.07, 6.45) is 1.65. The lowest BCUT2D eigenvalue weighted by Crippen LogP contribution is -2.16. The van der Waals surface area contributed by atoms with E-state index in [4.69, 9.17) is 9.47 Å². The van der Waals surface area contributed by atoms with Gasteiger partial charge in [-0.25, -0.2) is 4.68 Å². The third kappa shape index (κ3) is 3.88. The second kappa shape index (κ2) is 8.05. The van der Waals surface area contributed by atoms with E-state index in [-0.39, 0.29) is 5.91 Å². The number of carbonyl (C=O) groups is 1. The molecule has 0 saturated carbocycles. The van der Waals surface area contributed by atoms with E-state index in [1.54, 1.807) is 42.3 Å². The van der Waals surface area contributed by atoms with Crippen molar-refractivity contribution in [1.82, 2.24) is 9.78 Å². The van der Waals surface area contributed by atoms with Crippen molar-refractivity contribution in [2.75, 3.05) is 19.5 Å². The SMILES string of the molecule is COc1ccc(C(=O)Nc2ccnn2Cc2ccccc2Br)cc1OC. The standard InChI is InChI=1S/C19H18BrN3O3/c1-25-16-8-7-13(11-17(16)26-2)19(24)22-18-9-10-21-23(18)12-14-5-3-4-6-15(14)20/h3-11H,12H2,1-2H3,(H,22,24). The van der Waals surface area contributed by atoms with Crippen molar-refractivity contribution in [2.24, 2.45) is 0 Å². The van der Waals surface area contributed by atoms with Crippen LogP contribution in [0.2, 0.25) is 0 Å². The lowest BCUT2D eigenvalue weighted by molar-refractivity contribution is 0.102. The fourth-order valence-corrected chi connectivity index (χ4v) is 2.93. The monoisotopic (exact) mass is 415 g/mol. The predicted molar refractivity (Wildman–Crippen MR) is 103 cm³/mol. The molecule has 0 radical (unpaired) electrons. The molecule has 1 heterocycles. The molecule has 6 nitrogen and oxygen atoms in total. The van der Waals surface area contributed by atoms with Crippen molar-refractivity contribution in [1.29, 1.82) is 0 Å². The third-order valence-corrected chi connectivity index (χ3v) is 4.66. The van der Waals surface area contributed by atoms with Crippen LogP contribution in [0.4, 0.5) is 5.82 Å². The molecule has 7 heteroatoms. The van der Waals surface area contributed by atoms with Crippen molar-refractivity contribution in [3.8, 4) is 11.5 Å². The molecule has 0 saturated heterocycles. The smallest absolute Gasteiger partial charge is 0.256 e. The quantitative estimate of drug-likeness (QED) is 0.661. The van der Waals surface area contributed by atoms with E-state index in [9.17, 15) is 4.79 Å². The predicted octanol–water partition coefficient (Wildman–Crippen LogP) is 3.96. The number of rotatable bonds is 6. The molecule has 3 aromatic rings. The Hall–Kier alpha value is -2.80. The number of hydrogen-bond acceptors (Lipinski definition) is 4. The molecule has 0 atom stereocenters. The second-order valence-electron chi connectivity index (χ2n) is 5.49. The Kier molecular flexibility index (Phi) is 5.58. The van der Waals surface area contributed by atoms with Crippen molar-refractivity contribution in [3.05, 3.63) is 70.3 Å². The minimum Gasteiger partial charge on any atom is -0.493 e. The fraction of sp³-hybridized carbons (Fsp3) is 0.158. The van der Waals surface area contributed by atoms with Gasteiger partial charge in [-0.3, -0.25) is 4.79 Å². The van der Waals surface area contributed by atoms with E-state index in [0.29, 0.717) is 29.4 Å². The fourth-order valence-electron chi connectivity index (χ4n) is 2.52. The lowest BCUT2D eigenvalue weighted by atomic mass is 10.2. The molecule has 1 N–H and O–H groups in total. The van der Waals surface area contributed by atoms with Gasteiger partial charge in [0, 0.05) is 16.1 Å². The Labute approximate surface area is 159 Å². The summed E-state index contributed by atoms with van der Waals surface area (Å²) in [4.78, 5) is 12.6. The van der Waals surface area contributed by atoms with E-state index < -0.39 is 0 Å². The average molecular weight is 416 g/mol. The summed E-state index contributed by atoms with van der Waals surface area (Å²) in [6.45, 7) is 0.538. The molecule has 134 valence electrons. The number of methoxy groups -OCH3 is 2. The van der Waals surface area contributed by atoms with Gasteiger partial charge in [0.05, 0.1) is 27.0 Å². The van der Waals surface area contributed by atoms with Gasteiger partial charge >= 0.3 is 0 Å². The normalized spacial score (nSPS) is 10.4. The largest absolute Gasteiger partial charge is 0.493 e. The zero-order valence-corrected chi connectivity index (χ0v) is 16.0. The van der Waals surface area contributed by atoms with Crippen LogP contribution in [0.1, 0.15) is 15.9 Å². The average Bonchev–Trinajstić information content (AvgIpc) is 3.09. The maximum Gasteiger partial charge on any atom is 0.256 e. The van der Waals surface area contributed by atoms with Crippen LogP contribution in [0.15, 0.2) is 59.2 Å². The van der Waals surface area contributed by atoms with Crippen molar-refractivity contribution >= 4 is 27.7 Å². The Morgan fingerprint density at radius 1 is 1.12 bits per heavy atom. The molecule has 0 spiro atoms. The highest BCUT2D eigenvalue weighted by molar-refractivity contribution is 9.10. The minimum absolute atomic E-state index is 0.250. The maximum absolute atomic E-state index is 12.6. The number of nitrogens with zero attached hydrogens (tertiary/aromatic N) is 2. The zero-order chi connectivity index (χ0) is 18.5. The molecule has 2 aromatic carbocycles. The van der Waals surface area contributed by atoms with E-state index in [2.05, 4.69) is 26.3 Å². The van der Waals surface area contributed by atoms with Crippen LogP contribution in [0, 0.1) is 0 Å². The van der Waals surface area contributed by atoms with Crippen LogP contribution >= 0.6 is 15.9 Å². The highest BCUT2D eigenvalue weighted by Crippen LogP contribution is 2.28. The molecule has 0 bridgehead atoms. The summed E-state index contributed by atoms with van der Waals surface area (Å²) in [5, 5.41) is 7.18. The molecular weight excluding hydrogens is 398 g/mol. The molecule has 0 fully saturated rings. The zero-order valence-electron chi connectivity index (χ0n) is 14.4. The molecule has 0 aliphatic carbocycles. The van der Waals surface area contributed by atoms with Crippen LogP contribution < -0.4 is 14.8 Å². The van der Waals surface area contributed by atoms with Gasteiger partial charge in [0.15, 0.2) is 11.5 Å². The second-order valence-corrected chi connectivity index (χ2v) is 6.34. The Balaban J connectivity index is 1.79. The summed E-state index contributed by atoms with van der Waals surface area (Å²) < 4.78 is 13.2. The van der Waals surface area contributed by atoms with E-state index in [1.807, 2.05) is 24.3 Å². The minimum atomic E-state index is -0.250. The number of halogens is 1. The van der Waals surface area contributed by atoms with Gasteiger partial charge in [0.2, 0.25) is 0 Å². The van der Waals surface area contributed by atoms with E-state index >= 15 is 0 Å². The molecule has 1 amide bonds. The maximum atomic E-state index is 12.6. The lowest BCUT2D eigenvalue weighted by Gasteiger charge is -2.12. The van der Waals surface area contributed by atoms with Gasteiger partial charge in [0.1, 0.15) is 5.82 Å². The van der Waals surface area contributed by atoms with Crippen LogP contribution in [0.25, 0.3) is 0 Å². The molecular formula is C19H18BrN3O3. The summed E-state index contributed by atoms with van der Waals surface area (Å²) in [5.74, 6) is 1.44. The van der Waals surface area contributed by atoms with Crippen LogP contribution in [-0.4, -0.2) is 29.9 Å². The molecule has 1 aromatic heterocycles. The topological polar surface area (TPSA) is 65.4 Å². The Bertz CT molecular complexity index is 924. The summed E-state index contributed by atoms with van der Waals surface area (Å²) >= 11 is 3.53. The molecule has 3 rings (SSSR count).